The van der Waals surface area contributed by atoms with Crippen LogP contribution >= 0.6 is 0 Å². The van der Waals surface area contributed by atoms with Crippen LogP contribution in [0.4, 0.5) is 11.4 Å². The van der Waals surface area contributed by atoms with Crippen molar-refractivity contribution in [2.24, 2.45) is 5.92 Å². The Labute approximate surface area is 186 Å². The summed E-state index contributed by atoms with van der Waals surface area (Å²) in [6.45, 7) is 0. The summed E-state index contributed by atoms with van der Waals surface area (Å²) in [5, 5.41) is 19.3. The molecule has 0 bridgehead atoms. The van der Waals surface area contributed by atoms with E-state index in [2.05, 4.69) is 30.3 Å². The summed E-state index contributed by atoms with van der Waals surface area (Å²) in [6, 6.07) is 13.7. The number of para-hydroxylation sites is 1. The highest BCUT2D eigenvalue weighted by molar-refractivity contribution is 6.09. The minimum atomic E-state index is -0.753. The normalized spacial score (nSPS) is 13.3. The molecule has 33 heavy (non-hydrogen) atoms. The van der Waals surface area contributed by atoms with E-state index in [0.29, 0.717) is 28.0 Å². The topological polar surface area (TPSA) is 157 Å². The van der Waals surface area contributed by atoms with Gasteiger partial charge in [0.15, 0.2) is 5.82 Å². The maximum atomic E-state index is 13.0. The van der Waals surface area contributed by atoms with Crippen LogP contribution in [0.15, 0.2) is 51.8 Å². The van der Waals surface area contributed by atoms with Gasteiger partial charge in [0.05, 0.1) is 28.5 Å². The van der Waals surface area contributed by atoms with E-state index in [4.69, 9.17) is 0 Å². The number of fused-ring (bicyclic) bond motifs is 1. The second-order valence-electron chi connectivity index (χ2n) is 7.84. The van der Waals surface area contributed by atoms with Crippen LogP contribution < -0.4 is 16.4 Å². The molecule has 2 aromatic carbocycles. The number of carbonyl (C=O) groups excluding carboxylic acids is 2. The molecule has 0 aliphatic heterocycles. The van der Waals surface area contributed by atoms with Crippen LogP contribution in [0.1, 0.15) is 35.3 Å². The number of amides is 2. The molecule has 0 unspecified atom stereocenters. The minimum Gasteiger partial charge on any atom is -0.349 e. The van der Waals surface area contributed by atoms with Crippen LogP contribution in [0.25, 0.3) is 22.3 Å². The highest BCUT2D eigenvalue weighted by atomic mass is 16.5. The van der Waals surface area contributed by atoms with Gasteiger partial charge in [0.1, 0.15) is 5.69 Å². The maximum Gasteiger partial charge on any atom is 0.439 e. The standard InChI is InChI=1S/C23H18N6O4/c24-11-12-7-8-16(15(9-12)20-28-23(32)33-29-20)26-22(31)18-10-14-5-2-6-17(19(14)25-18)27-21(30)13-3-1-4-13/h2,5-10,13,25H,1,3-4H2,(H,26,31)(H,27,30)(H,28,29,32). The molecule has 10 nitrogen and oxygen atoms in total. The first kappa shape index (κ1) is 20.3. The van der Waals surface area contributed by atoms with E-state index in [-0.39, 0.29) is 23.3 Å². The van der Waals surface area contributed by atoms with E-state index in [1.165, 1.54) is 12.1 Å². The van der Waals surface area contributed by atoms with Gasteiger partial charge in [-0.25, -0.2) is 4.79 Å². The van der Waals surface area contributed by atoms with Gasteiger partial charge >= 0.3 is 5.76 Å². The molecule has 164 valence electrons. The Morgan fingerprint density at radius 1 is 1.09 bits per heavy atom. The van der Waals surface area contributed by atoms with Crippen molar-refractivity contribution in [3.05, 3.63) is 64.3 Å². The monoisotopic (exact) mass is 442 g/mol. The number of nitrogens with zero attached hydrogens (tertiary/aromatic N) is 2. The molecule has 2 amide bonds. The number of H-pyrrole nitrogens is 2. The fraction of sp³-hybridized carbons (Fsp3) is 0.174. The number of nitrogens with one attached hydrogen (secondary N) is 4. The summed E-state index contributed by atoms with van der Waals surface area (Å²) >= 11 is 0. The molecule has 4 aromatic rings. The number of aromatic nitrogens is 3. The summed E-state index contributed by atoms with van der Waals surface area (Å²) in [5.41, 5.74) is 2.53. The molecule has 10 heteroatoms. The van der Waals surface area contributed by atoms with Crippen molar-refractivity contribution in [3.63, 3.8) is 0 Å². The minimum absolute atomic E-state index is 0.0156. The van der Waals surface area contributed by atoms with E-state index in [1.807, 2.05) is 18.2 Å². The van der Waals surface area contributed by atoms with Crippen LogP contribution in [-0.2, 0) is 4.79 Å². The van der Waals surface area contributed by atoms with Crippen molar-refractivity contribution in [1.29, 1.82) is 5.26 Å². The van der Waals surface area contributed by atoms with Gasteiger partial charge in [-0.3, -0.25) is 19.1 Å². The average Bonchev–Trinajstić information content (AvgIpc) is 3.40. The van der Waals surface area contributed by atoms with Gasteiger partial charge in [0, 0.05) is 16.9 Å². The zero-order valence-corrected chi connectivity index (χ0v) is 17.3. The SMILES string of the molecule is N#Cc1ccc(NC(=O)c2cc3cccc(NC(=O)C4CCC4)c3[nH]2)c(-c2noc(=O)[nH]2)c1. The van der Waals surface area contributed by atoms with Crippen LogP contribution in [0, 0.1) is 17.2 Å². The Kier molecular flexibility index (Phi) is 4.99. The third-order valence-electron chi connectivity index (χ3n) is 5.73. The molecule has 1 aliphatic rings. The zero-order valence-electron chi connectivity index (χ0n) is 17.3. The molecule has 2 aromatic heterocycles. The number of aromatic amines is 2. The van der Waals surface area contributed by atoms with Gasteiger partial charge in [-0.2, -0.15) is 5.26 Å². The number of hydrogen-bond donors (Lipinski definition) is 4. The second kappa shape index (κ2) is 8.12. The van der Waals surface area contributed by atoms with Crippen LogP contribution in [-0.4, -0.2) is 26.9 Å². The lowest BCUT2D eigenvalue weighted by Crippen LogP contribution is -2.28. The molecule has 2 heterocycles. The van der Waals surface area contributed by atoms with E-state index < -0.39 is 11.7 Å². The first-order valence-corrected chi connectivity index (χ1v) is 10.4. The highest BCUT2D eigenvalue weighted by Gasteiger charge is 2.26. The lowest BCUT2D eigenvalue weighted by Gasteiger charge is -2.24. The predicted octanol–water partition coefficient (Wildman–Crippen LogP) is 3.37. The predicted molar refractivity (Wildman–Crippen MR) is 119 cm³/mol. The van der Waals surface area contributed by atoms with E-state index in [9.17, 15) is 19.6 Å². The van der Waals surface area contributed by atoms with E-state index in [1.54, 1.807) is 18.2 Å². The molecule has 0 saturated heterocycles. The highest BCUT2D eigenvalue weighted by Crippen LogP contribution is 2.30. The molecule has 0 atom stereocenters. The second-order valence-corrected chi connectivity index (χ2v) is 7.84. The molecule has 1 aliphatic carbocycles. The van der Waals surface area contributed by atoms with Crippen molar-refractivity contribution in [1.82, 2.24) is 15.1 Å². The van der Waals surface area contributed by atoms with E-state index in [0.717, 1.165) is 24.6 Å². The van der Waals surface area contributed by atoms with Gasteiger partial charge in [0.2, 0.25) is 5.91 Å². The first-order chi connectivity index (χ1) is 16.0. The Morgan fingerprint density at radius 2 is 1.94 bits per heavy atom. The Balaban J connectivity index is 1.44. The van der Waals surface area contributed by atoms with Crippen LogP contribution in [0.2, 0.25) is 0 Å². The molecule has 1 fully saturated rings. The van der Waals surface area contributed by atoms with Crippen molar-refractivity contribution < 1.29 is 14.1 Å². The van der Waals surface area contributed by atoms with E-state index >= 15 is 0 Å². The van der Waals surface area contributed by atoms with Gasteiger partial charge in [-0.15, -0.1) is 0 Å². The van der Waals surface area contributed by atoms with Gasteiger partial charge < -0.3 is 15.6 Å². The first-order valence-electron chi connectivity index (χ1n) is 10.4. The summed E-state index contributed by atoms with van der Waals surface area (Å²) < 4.78 is 4.55. The van der Waals surface area contributed by atoms with Gasteiger partial charge in [-0.05, 0) is 43.2 Å². The lowest BCUT2D eigenvalue weighted by molar-refractivity contribution is -0.122. The molecular weight excluding hydrogens is 424 g/mol. The van der Waals surface area contributed by atoms with Crippen molar-refractivity contribution in [3.8, 4) is 17.5 Å². The fourth-order valence-electron chi connectivity index (χ4n) is 3.74. The Bertz CT molecular complexity index is 1480. The van der Waals surface area contributed by atoms with Crippen LogP contribution in [0.5, 0.6) is 0 Å². The van der Waals surface area contributed by atoms with Crippen molar-refractivity contribution in [2.75, 3.05) is 10.6 Å². The number of carbonyl (C=O) groups is 2. The molecular formula is C23H18N6O4. The van der Waals surface area contributed by atoms with Crippen molar-refractivity contribution >= 4 is 34.1 Å². The molecule has 5 rings (SSSR count). The Morgan fingerprint density at radius 3 is 2.64 bits per heavy atom. The van der Waals surface area contributed by atoms with Crippen molar-refractivity contribution in [2.45, 2.75) is 19.3 Å². The Hall–Kier alpha value is -4.65. The number of hydrogen-bond acceptors (Lipinski definition) is 6. The third-order valence-corrected chi connectivity index (χ3v) is 5.73. The largest absolute Gasteiger partial charge is 0.439 e. The zero-order chi connectivity index (χ0) is 22.9. The smallest absolute Gasteiger partial charge is 0.349 e. The van der Waals surface area contributed by atoms with Crippen LogP contribution in [0.3, 0.4) is 0 Å². The number of benzene rings is 2. The lowest BCUT2D eigenvalue weighted by atomic mass is 9.85. The molecule has 4 N–H and O–H groups in total. The van der Waals surface area contributed by atoms with Gasteiger partial charge in [0.25, 0.3) is 5.91 Å². The molecule has 0 radical (unpaired) electrons. The summed E-state index contributed by atoms with van der Waals surface area (Å²) in [5.74, 6) is -1.09. The number of anilines is 2. The fourth-order valence-corrected chi connectivity index (χ4v) is 3.74. The number of nitriles is 1. The maximum absolute atomic E-state index is 13.0. The third kappa shape index (κ3) is 3.87. The number of rotatable bonds is 5. The average molecular weight is 442 g/mol. The quantitative estimate of drug-likeness (QED) is 0.371. The van der Waals surface area contributed by atoms with Gasteiger partial charge in [-0.1, -0.05) is 23.7 Å². The summed E-state index contributed by atoms with van der Waals surface area (Å²) in [4.78, 5) is 42.3. The molecule has 0 spiro atoms. The summed E-state index contributed by atoms with van der Waals surface area (Å²) in [7, 11) is 0. The molecule has 1 saturated carbocycles. The summed E-state index contributed by atoms with van der Waals surface area (Å²) in [6.07, 6.45) is 2.85.